The number of pyridine rings is 1. The molecule has 1 N–H and O–H groups in total. The van der Waals surface area contributed by atoms with Crippen LogP contribution in [-0.2, 0) is 6.54 Å². The van der Waals surface area contributed by atoms with Crippen molar-refractivity contribution < 1.29 is 4.79 Å². The number of carbonyl (C=O) groups is 1. The van der Waals surface area contributed by atoms with Crippen LogP contribution in [0.1, 0.15) is 10.5 Å². The van der Waals surface area contributed by atoms with Gasteiger partial charge < -0.3 is 5.32 Å². The summed E-state index contributed by atoms with van der Waals surface area (Å²) in [5.74, 6) is -0.165. The number of hydrogen-bond donors (Lipinski definition) is 1. The molecule has 0 aliphatic heterocycles. The largest absolute Gasteiger partial charge is 0.349 e. The van der Waals surface area contributed by atoms with Gasteiger partial charge in [-0.25, -0.2) is 0 Å². The molecule has 5 nitrogen and oxygen atoms in total. The maximum Gasteiger partial charge on any atom is 0.270 e. The van der Waals surface area contributed by atoms with E-state index in [4.69, 9.17) is 0 Å². The van der Waals surface area contributed by atoms with Crippen LogP contribution < -0.4 is 5.32 Å². The molecule has 0 unspecified atom stereocenters. The van der Waals surface area contributed by atoms with E-state index in [0.29, 0.717) is 18.8 Å². The zero-order chi connectivity index (χ0) is 17.1. The van der Waals surface area contributed by atoms with Crippen molar-refractivity contribution in [3.63, 3.8) is 0 Å². The van der Waals surface area contributed by atoms with Gasteiger partial charge in [0.25, 0.3) is 5.91 Å². The zero-order valence-electron chi connectivity index (χ0n) is 13.4. The van der Waals surface area contributed by atoms with Crippen molar-refractivity contribution >= 4 is 28.0 Å². The first kappa shape index (κ1) is 15.5. The SMILES string of the molecule is O=C(NCCn1ccc(-c2ccsc2)n1)c1nccc2ccccc12. The second-order valence-electron chi connectivity index (χ2n) is 5.61. The fraction of sp³-hybridized carbons (Fsp3) is 0.105. The monoisotopic (exact) mass is 348 g/mol. The van der Waals surface area contributed by atoms with E-state index < -0.39 is 0 Å². The highest BCUT2D eigenvalue weighted by atomic mass is 32.1. The van der Waals surface area contributed by atoms with E-state index in [2.05, 4.69) is 20.8 Å². The Labute approximate surface area is 149 Å². The molecule has 0 fully saturated rings. The highest BCUT2D eigenvalue weighted by Crippen LogP contribution is 2.19. The van der Waals surface area contributed by atoms with Crippen LogP contribution in [0.3, 0.4) is 0 Å². The van der Waals surface area contributed by atoms with Crippen molar-refractivity contribution in [1.82, 2.24) is 20.1 Å². The van der Waals surface area contributed by atoms with Crippen LogP contribution in [0.5, 0.6) is 0 Å². The molecule has 1 amide bonds. The van der Waals surface area contributed by atoms with Gasteiger partial charge in [-0.2, -0.15) is 16.4 Å². The number of fused-ring (bicyclic) bond motifs is 1. The summed E-state index contributed by atoms with van der Waals surface area (Å²) in [6.07, 6.45) is 3.59. The summed E-state index contributed by atoms with van der Waals surface area (Å²) in [5, 5.41) is 13.4. The van der Waals surface area contributed by atoms with E-state index in [9.17, 15) is 4.79 Å². The van der Waals surface area contributed by atoms with E-state index in [0.717, 1.165) is 22.0 Å². The van der Waals surface area contributed by atoms with E-state index in [1.54, 1.807) is 17.5 Å². The molecule has 3 aromatic heterocycles. The van der Waals surface area contributed by atoms with Crippen molar-refractivity contribution in [2.24, 2.45) is 0 Å². The van der Waals surface area contributed by atoms with Gasteiger partial charge in [-0.05, 0) is 29.0 Å². The zero-order valence-corrected chi connectivity index (χ0v) is 14.2. The molecule has 0 aliphatic rings. The van der Waals surface area contributed by atoms with E-state index in [-0.39, 0.29) is 5.91 Å². The normalized spacial score (nSPS) is 10.9. The molecule has 6 heteroatoms. The average Bonchev–Trinajstić information content (AvgIpc) is 3.32. The van der Waals surface area contributed by atoms with Crippen LogP contribution in [0.15, 0.2) is 65.6 Å². The number of nitrogens with one attached hydrogen (secondary N) is 1. The van der Waals surface area contributed by atoms with Crippen molar-refractivity contribution in [2.45, 2.75) is 6.54 Å². The lowest BCUT2D eigenvalue weighted by atomic mass is 10.1. The topological polar surface area (TPSA) is 59.8 Å². The third kappa shape index (κ3) is 3.29. The Morgan fingerprint density at radius 1 is 1.16 bits per heavy atom. The molecule has 0 saturated carbocycles. The summed E-state index contributed by atoms with van der Waals surface area (Å²) in [6, 6.07) is 13.7. The Bertz CT molecular complexity index is 1000. The minimum Gasteiger partial charge on any atom is -0.349 e. The first-order valence-corrected chi connectivity index (χ1v) is 8.93. The number of benzene rings is 1. The number of amides is 1. The third-order valence-electron chi connectivity index (χ3n) is 3.97. The van der Waals surface area contributed by atoms with Crippen LogP contribution in [0.2, 0.25) is 0 Å². The Morgan fingerprint density at radius 2 is 2.08 bits per heavy atom. The van der Waals surface area contributed by atoms with Crippen molar-refractivity contribution in [2.75, 3.05) is 6.54 Å². The third-order valence-corrected chi connectivity index (χ3v) is 4.66. The van der Waals surface area contributed by atoms with Gasteiger partial charge in [-0.15, -0.1) is 0 Å². The lowest BCUT2D eigenvalue weighted by molar-refractivity contribution is 0.0949. The van der Waals surface area contributed by atoms with Gasteiger partial charge in [0, 0.05) is 35.3 Å². The average molecular weight is 348 g/mol. The number of thiophene rings is 1. The minimum atomic E-state index is -0.165. The molecule has 0 aliphatic carbocycles. The van der Waals surface area contributed by atoms with Crippen molar-refractivity contribution in [3.8, 4) is 11.3 Å². The second kappa shape index (κ2) is 6.86. The Kier molecular flexibility index (Phi) is 4.26. The second-order valence-corrected chi connectivity index (χ2v) is 6.39. The van der Waals surface area contributed by atoms with Gasteiger partial charge in [-0.3, -0.25) is 14.5 Å². The van der Waals surface area contributed by atoms with Gasteiger partial charge in [0.15, 0.2) is 0 Å². The van der Waals surface area contributed by atoms with Crippen LogP contribution >= 0.6 is 11.3 Å². The fourth-order valence-electron chi connectivity index (χ4n) is 2.72. The summed E-state index contributed by atoms with van der Waals surface area (Å²) >= 11 is 1.65. The van der Waals surface area contributed by atoms with Crippen LogP contribution in [-0.4, -0.2) is 27.2 Å². The molecular weight excluding hydrogens is 332 g/mol. The van der Waals surface area contributed by atoms with Gasteiger partial charge in [0.1, 0.15) is 5.69 Å². The number of hydrogen-bond acceptors (Lipinski definition) is 4. The van der Waals surface area contributed by atoms with E-state index >= 15 is 0 Å². The molecule has 25 heavy (non-hydrogen) atoms. The number of rotatable bonds is 5. The van der Waals surface area contributed by atoms with Crippen molar-refractivity contribution in [1.29, 1.82) is 0 Å². The predicted molar refractivity (Wildman–Crippen MR) is 99.6 cm³/mol. The maximum absolute atomic E-state index is 12.4. The first-order valence-electron chi connectivity index (χ1n) is 7.99. The van der Waals surface area contributed by atoms with Gasteiger partial charge in [-0.1, -0.05) is 24.3 Å². The Morgan fingerprint density at radius 3 is 2.96 bits per heavy atom. The standard InChI is InChI=1S/C19H16N4OS/c24-19(18-16-4-2-1-3-14(16)5-8-20-18)21-9-11-23-10-6-17(22-23)15-7-12-25-13-15/h1-8,10,12-13H,9,11H2,(H,21,24). The van der Waals surface area contributed by atoms with Gasteiger partial charge in [0.2, 0.25) is 0 Å². The molecule has 1 aromatic carbocycles. The van der Waals surface area contributed by atoms with Crippen molar-refractivity contribution in [3.05, 3.63) is 71.3 Å². The molecule has 124 valence electrons. The highest BCUT2D eigenvalue weighted by molar-refractivity contribution is 7.08. The summed E-state index contributed by atoms with van der Waals surface area (Å²) < 4.78 is 1.84. The quantitative estimate of drug-likeness (QED) is 0.599. The molecule has 0 radical (unpaired) electrons. The highest BCUT2D eigenvalue weighted by Gasteiger charge is 2.11. The van der Waals surface area contributed by atoms with Gasteiger partial charge >= 0.3 is 0 Å². The molecule has 4 rings (SSSR count). The number of nitrogens with zero attached hydrogens (tertiary/aromatic N) is 3. The number of aromatic nitrogens is 3. The minimum absolute atomic E-state index is 0.165. The maximum atomic E-state index is 12.4. The molecule has 0 bridgehead atoms. The lowest BCUT2D eigenvalue weighted by Gasteiger charge is -2.07. The molecule has 0 saturated heterocycles. The van der Waals surface area contributed by atoms with E-state index in [1.807, 2.05) is 58.7 Å². The first-order chi connectivity index (χ1) is 12.3. The molecule has 0 atom stereocenters. The van der Waals surface area contributed by atoms with Crippen LogP contribution in [0.4, 0.5) is 0 Å². The lowest BCUT2D eigenvalue weighted by Crippen LogP contribution is -2.28. The molecule has 0 spiro atoms. The Hall–Kier alpha value is -2.99. The number of carbonyl (C=O) groups excluding carboxylic acids is 1. The molecular formula is C19H16N4OS. The smallest absolute Gasteiger partial charge is 0.270 e. The molecule has 4 aromatic rings. The summed E-state index contributed by atoms with van der Waals surface area (Å²) in [6.45, 7) is 1.11. The summed E-state index contributed by atoms with van der Waals surface area (Å²) in [4.78, 5) is 16.7. The summed E-state index contributed by atoms with van der Waals surface area (Å²) in [7, 11) is 0. The van der Waals surface area contributed by atoms with Gasteiger partial charge in [0.05, 0.1) is 12.2 Å². The van der Waals surface area contributed by atoms with Crippen LogP contribution in [0.25, 0.3) is 22.0 Å². The van der Waals surface area contributed by atoms with Crippen LogP contribution in [0, 0.1) is 0 Å². The predicted octanol–water partition coefficient (Wildman–Crippen LogP) is 3.59. The Balaban J connectivity index is 1.41. The summed E-state index contributed by atoms with van der Waals surface area (Å²) in [5.41, 5.74) is 2.52. The van der Waals surface area contributed by atoms with E-state index in [1.165, 1.54) is 0 Å². The fourth-order valence-corrected chi connectivity index (χ4v) is 3.37. The molecule has 3 heterocycles.